The van der Waals surface area contributed by atoms with Crippen LogP contribution in [0.25, 0.3) is 0 Å². The lowest BCUT2D eigenvalue weighted by atomic mass is 10.1. The van der Waals surface area contributed by atoms with Crippen molar-refractivity contribution in [1.82, 2.24) is 25.8 Å². The van der Waals surface area contributed by atoms with Crippen molar-refractivity contribution in [3.8, 4) is 0 Å². The highest BCUT2D eigenvalue weighted by Crippen LogP contribution is 2.11. The Bertz CT molecular complexity index is 316. The maximum Gasteiger partial charge on any atom is 0.0221 e. The second-order valence-corrected chi connectivity index (χ2v) is 8.53. The van der Waals surface area contributed by atoms with Gasteiger partial charge in [0.1, 0.15) is 0 Å². The van der Waals surface area contributed by atoms with E-state index in [0.717, 1.165) is 12.1 Å². The van der Waals surface area contributed by atoms with E-state index in [1.807, 2.05) is 0 Å². The first-order chi connectivity index (χ1) is 13.3. The van der Waals surface area contributed by atoms with Crippen molar-refractivity contribution in [2.24, 2.45) is 0 Å². The van der Waals surface area contributed by atoms with E-state index >= 15 is 0 Å². The van der Waals surface area contributed by atoms with E-state index in [2.05, 4.69) is 39.6 Å². The Kier molecular flexibility index (Phi) is 12.6. The third-order valence-electron chi connectivity index (χ3n) is 6.29. The second-order valence-electron chi connectivity index (χ2n) is 8.53. The van der Waals surface area contributed by atoms with Crippen LogP contribution in [-0.2, 0) is 0 Å². The molecule has 5 nitrogen and oxygen atoms in total. The molecule has 0 bridgehead atoms. The molecule has 27 heavy (non-hydrogen) atoms. The summed E-state index contributed by atoms with van der Waals surface area (Å²) in [4.78, 5) is 5.44. The summed E-state index contributed by atoms with van der Waals surface area (Å²) in [5.74, 6) is 0. The monoisotopic (exact) mass is 381 g/mol. The number of hydrogen-bond acceptors (Lipinski definition) is 5. The van der Waals surface area contributed by atoms with Gasteiger partial charge in [0.2, 0.25) is 0 Å². The third kappa shape index (κ3) is 9.23. The summed E-state index contributed by atoms with van der Waals surface area (Å²) < 4.78 is 0. The number of rotatable bonds is 14. The van der Waals surface area contributed by atoms with Gasteiger partial charge in [-0.2, -0.15) is 0 Å². The Hall–Kier alpha value is -0.200. The number of piperazine rings is 2. The van der Waals surface area contributed by atoms with E-state index in [0.29, 0.717) is 0 Å². The minimum Gasteiger partial charge on any atom is -0.317 e. The molecule has 0 aromatic heterocycles. The molecule has 2 rings (SSSR count). The van der Waals surface area contributed by atoms with E-state index in [1.54, 1.807) is 0 Å². The van der Waals surface area contributed by atoms with Gasteiger partial charge in [-0.25, -0.2) is 0 Å². The highest BCUT2D eigenvalue weighted by molar-refractivity contribution is 4.80. The van der Waals surface area contributed by atoms with Crippen LogP contribution >= 0.6 is 0 Å². The Morgan fingerprint density at radius 2 is 1.22 bits per heavy atom. The molecule has 3 N–H and O–H groups in total. The van der Waals surface area contributed by atoms with Gasteiger partial charge in [0, 0.05) is 51.4 Å². The fourth-order valence-corrected chi connectivity index (χ4v) is 4.69. The number of hydrogen-bond donors (Lipinski definition) is 3. The molecule has 2 aliphatic rings. The van der Waals surface area contributed by atoms with Crippen LogP contribution in [0.15, 0.2) is 0 Å². The molecule has 2 heterocycles. The molecule has 2 atom stereocenters. The van der Waals surface area contributed by atoms with Crippen molar-refractivity contribution in [3.05, 3.63) is 0 Å². The maximum atomic E-state index is 3.67. The summed E-state index contributed by atoms with van der Waals surface area (Å²) in [6, 6.07) is 1.55. The average Bonchev–Trinajstić information content (AvgIpc) is 2.69. The van der Waals surface area contributed by atoms with Crippen LogP contribution in [0.5, 0.6) is 0 Å². The third-order valence-corrected chi connectivity index (χ3v) is 6.29. The zero-order valence-corrected chi connectivity index (χ0v) is 18.3. The normalized spacial score (nSPS) is 25.1. The Labute approximate surface area is 169 Å². The highest BCUT2D eigenvalue weighted by atomic mass is 15.2. The fraction of sp³-hybridized carbons (Fsp3) is 1.00. The van der Waals surface area contributed by atoms with Crippen molar-refractivity contribution in [2.45, 2.75) is 77.3 Å². The van der Waals surface area contributed by atoms with Gasteiger partial charge in [0.15, 0.2) is 0 Å². The van der Waals surface area contributed by atoms with Gasteiger partial charge < -0.3 is 16.0 Å². The molecule has 0 spiro atoms. The fourth-order valence-electron chi connectivity index (χ4n) is 4.69. The van der Waals surface area contributed by atoms with Crippen LogP contribution in [0, 0.1) is 0 Å². The summed E-state index contributed by atoms with van der Waals surface area (Å²) in [7, 11) is 0. The van der Waals surface area contributed by atoms with Gasteiger partial charge in [-0.1, -0.05) is 26.7 Å². The zero-order chi connectivity index (χ0) is 19.2. The van der Waals surface area contributed by atoms with E-state index in [1.165, 1.54) is 117 Å². The lowest BCUT2D eigenvalue weighted by Gasteiger charge is -2.36. The Balaban J connectivity index is 1.43. The molecule has 2 unspecified atom stereocenters. The van der Waals surface area contributed by atoms with Crippen LogP contribution in [-0.4, -0.2) is 87.3 Å². The largest absolute Gasteiger partial charge is 0.317 e. The van der Waals surface area contributed by atoms with Gasteiger partial charge in [0.25, 0.3) is 0 Å². The maximum absolute atomic E-state index is 3.67. The lowest BCUT2D eigenvalue weighted by Crippen LogP contribution is -2.51. The van der Waals surface area contributed by atoms with Gasteiger partial charge >= 0.3 is 0 Å². The first-order valence-electron chi connectivity index (χ1n) is 11.9. The Morgan fingerprint density at radius 1 is 0.741 bits per heavy atom. The predicted molar refractivity (Wildman–Crippen MR) is 118 cm³/mol. The first kappa shape index (κ1) is 23.1. The molecule has 2 aliphatic heterocycles. The molecule has 0 aromatic rings. The topological polar surface area (TPSA) is 42.6 Å². The SMILES string of the molecule is CCCC1CNCCN1CCCCNCCCCN1CCNCC1CCC. The molecule has 0 aromatic carbocycles. The molecule has 2 fully saturated rings. The Morgan fingerprint density at radius 3 is 1.67 bits per heavy atom. The molecule has 160 valence electrons. The number of unbranched alkanes of at least 4 members (excludes halogenated alkanes) is 2. The molecule has 0 amide bonds. The van der Waals surface area contributed by atoms with Gasteiger partial charge in [-0.3, -0.25) is 9.80 Å². The predicted octanol–water partition coefficient (Wildman–Crippen LogP) is 2.28. The second kappa shape index (κ2) is 14.7. The van der Waals surface area contributed by atoms with Crippen LogP contribution in [0.3, 0.4) is 0 Å². The molecule has 5 heteroatoms. The van der Waals surface area contributed by atoms with Gasteiger partial charge in [-0.15, -0.1) is 0 Å². The summed E-state index contributed by atoms with van der Waals surface area (Å²) in [6.07, 6.45) is 10.6. The minimum absolute atomic E-state index is 0.776. The van der Waals surface area contributed by atoms with Crippen LogP contribution in [0.4, 0.5) is 0 Å². The minimum atomic E-state index is 0.776. The standard InChI is InChI=1S/C22H47N5/c1-3-9-21-19-24-13-17-26(21)15-7-5-11-23-12-6-8-16-27-18-14-25-20-22(27)10-4-2/h21-25H,3-20H2,1-2H3. The highest BCUT2D eigenvalue weighted by Gasteiger charge is 2.21. The summed E-state index contributed by atoms with van der Waals surface area (Å²) in [5, 5.41) is 10.8. The summed E-state index contributed by atoms with van der Waals surface area (Å²) in [6.45, 7) is 16.8. The van der Waals surface area contributed by atoms with Crippen molar-refractivity contribution < 1.29 is 0 Å². The molecule has 0 saturated carbocycles. The lowest BCUT2D eigenvalue weighted by molar-refractivity contribution is 0.149. The van der Waals surface area contributed by atoms with Crippen molar-refractivity contribution in [2.75, 3.05) is 65.4 Å². The van der Waals surface area contributed by atoms with Crippen LogP contribution in [0.2, 0.25) is 0 Å². The van der Waals surface area contributed by atoms with Gasteiger partial charge in [-0.05, 0) is 64.7 Å². The van der Waals surface area contributed by atoms with Crippen molar-refractivity contribution >= 4 is 0 Å². The van der Waals surface area contributed by atoms with E-state index < -0.39 is 0 Å². The van der Waals surface area contributed by atoms with Crippen LogP contribution < -0.4 is 16.0 Å². The number of nitrogens with one attached hydrogen (secondary N) is 3. The molecule has 2 saturated heterocycles. The molecular weight excluding hydrogens is 334 g/mol. The van der Waals surface area contributed by atoms with Gasteiger partial charge in [0.05, 0.1) is 0 Å². The van der Waals surface area contributed by atoms with E-state index in [9.17, 15) is 0 Å². The number of nitrogens with zero attached hydrogens (tertiary/aromatic N) is 2. The van der Waals surface area contributed by atoms with E-state index in [-0.39, 0.29) is 0 Å². The molecule has 0 radical (unpaired) electrons. The van der Waals surface area contributed by atoms with Crippen molar-refractivity contribution in [3.63, 3.8) is 0 Å². The molecular formula is C22H47N5. The quantitative estimate of drug-likeness (QED) is 0.403. The summed E-state index contributed by atoms with van der Waals surface area (Å²) in [5.41, 5.74) is 0. The van der Waals surface area contributed by atoms with E-state index in [4.69, 9.17) is 0 Å². The van der Waals surface area contributed by atoms with Crippen molar-refractivity contribution in [1.29, 1.82) is 0 Å². The smallest absolute Gasteiger partial charge is 0.0221 e. The van der Waals surface area contributed by atoms with Crippen LogP contribution in [0.1, 0.15) is 65.2 Å². The molecule has 0 aliphatic carbocycles. The first-order valence-corrected chi connectivity index (χ1v) is 11.9. The summed E-state index contributed by atoms with van der Waals surface area (Å²) >= 11 is 0. The zero-order valence-electron chi connectivity index (χ0n) is 18.3. The average molecular weight is 382 g/mol.